The number of aromatic nitrogens is 2. The molecule has 0 bridgehead atoms. The van der Waals surface area contributed by atoms with Crippen molar-refractivity contribution in [3.05, 3.63) is 42.5 Å². The Labute approximate surface area is 85.2 Å². The van der Waals surface area contributed by atoms with Crippen LogP contribution in [0.3, 0.4) is 0 Å². The molecule has 15 heavy (non-hydrogen) atoms. The van der Waals surface area contributed by atoms with Crippen LogP contribution in [0.4, 0.5) is 14.5 Å². The molecular weight excluding hydrogens is 200 g/mol. The van der Waals surface area contributed by atoms with Crippen LogP contribution >= 0.6 is 0 Å². The Kier molecular flexibility index (Phi) is 2.37. The van der Waals surface area contributed by atoms with Crippen LogP contribution in [-0.4, -0.2) is 9.55 Å². The average Bonchev–Trinajstić information content (AvgIpc) is 2.70. The van der Waals surface area contributed by atoms with E-state index in [1.807, 2.05) is 0 Å². The molecule has 0 unspecified atom stereocenters. The van der Waals surface area contributed by atoms with E-state index in [1.165, 1.54) is 23.2 Å². The predicted molar refractivity (Wildman–Crippen MR) is 52.9 cm³/mol. The lowest BCUT2D eigenvalue weighted by Crippen LogP contribution is -1.99. The third-order valence-electron chi connectivity index (χ3n) is 2.07. The zero-order valence-corrected chi connectivity index (χ0v) is 7.77. The number of halogens is 2. The topological polar surface area (TPSA) is 43.8 Å². The lowest BCUT2D eigenvalue weighted by molar-refractivity contribution is 0.151. The summed E-state index contributed by atoms with van der Waals surface area (Å²) in [6.07, 6.45) is 2.06. The molecule has 0 aliphatic heterocycles. The molecule has 3 nitrogen and oxygen atoms in total. The molecule has 0 fully saturated rings. The van der Waals surface area contributed by atoms with Gasteiger partial charge in [0, 0.05) is 23.6 Å². The van der Waals surface area contributed by atoms with E-state index in [4.69, 9.17) is 5.73 Å². The van der Waals surface area contributed by atoms with Gasteiger partial charge in [0.05, 0.1) is 12.0 Å². The van der Waals surface area contributed by atoms with E-state index in [2.05, 4.69) is 4.98 Å². The Hall–Kier alpha value is -1.91. The molecule has 2 aromatic rings. The minimum atomic E-state index is -2.55. The van der Waals surface area contributed by atoms with Gasteiger partial charge in [-0.2, -0.15) is 0 Å². The maximum Gasteiger partial charge on any atom is 0.265 e. The normalized spacial score (nSPS) is 10.9. The maximum absolute atomic E-state index is 12.7. The minimum Gasteiger partial charge on any atom is -0.399 e. The van der Waals surface area contributed by atoms with Crippen LogP contribution in [0, 0.1) is 0 Å². The molecule has 0 aliphatic rings. The Bertz CT molecular complexity index is 452. The summed E-state index contributed by atoms with van der Waals surface area (Å²) in [4.78, 5) is 3.81. The summed E-state index contributed by atoms with van der Waals surface area (Å²) >= 11 is 0. The van der Waals surface area contributed by atoms with E-state index < -0.39 is 6.43 Å². The van der Waals surface area contributed by atoms with Gasteiger partial charge in [0.25, 0.3) is 6.43 Å². The smallest absolute Gasteiger partial charge is 0.265 e. The lowest BCUT2D eigenvalue weighted by Gasteiger charge is -2.09. The summed E-state index contributed by atoms with van der Waals surface area (Å²) in [5.41, 5.74) is 6.10. The van der Waals surface area contributed by atoms with Crippen molar-refractivity contribution in [3.8, 4) is 5.69 Å². The highest BCUT2D eigenvalue weighted by molar-refractivity contribution is 5.52. The Balaban J connectivity index is 2.56. The minimum absolute atomic E-state index is 0.0898. The van der Waals surface area contributed by atoms with E-state index in [1.54, 1.807) is 18.3 Å². The summed E-state index contributed by atoms with van der Waals surface area (Å²) < 4.78 is 26.9. The molecule has 0 atom stereocenters. The zero-order chi connectivity index (χ0) is 10.8. The van der Waals surface area contributed by atoms with E-state index >= 15 is 0 Å². The quantitative estimate of drug-likeness (QED) is 0.772. The Morgan fingerprint density at radius 1 is 1.33 bits per heavy atom. The fraction of sp³-hybridized carbons (Fsp3) is 0.100. The number of nitrogens with two attached hydrogens (primary N) is 1. The first-order valence-corrected chi connectivity index (χ1v) is 4.34. The summed E-state index contributed by atoms with van der Waals surface area (Å²) in [6.45, 7) is 0. The summed E-state index contributed by atoms with van der Waals surface area (Å²) in [6, 6.07) is 4.42. The van der Waals surface area contributed by atoms with Crippen LogP contribution in [-0.2, 0) is 0 Å². The molecule has 2 N–H and O–H groups in total. The first-order valence-electron chi connectivity index (χ1n) is 4.34. The van der Waals surface area contributed by atoms with Crippen molar-refractivity contribution in [2.24, 2.45) is 0 Å². The van der Waals surface area contributed by atoms with Gasteiger partial charge in [0.2, 0.25) is 0 Å². The molecule has 5 heteroatoms. The van der Waals surface area contributed by atoms with E-state index in [9.17, 15) is 8.78 Å². The van der Waals surface area contributed by atoms with Crippen molar-refractivity contribution in [2.45, 2.75) is 6.43 Å². The Morgan fingerprint density at radius 3 is 2.73 bits per heavy atom. The van der Waals surface area contributed by atoms with Gasteiger partial charge in [-0.3, -0.25) is 0 Å². The van der Waals surface area contributed by atoms with Gasteiger partial charge in [-0.15, -0.1) is 0 Å². The number of rotatable bonds is 2. The molecule has 1 heterocycles. The summed E-state index contributed by atoms with van der Waals surface area (Å²) in [7, 11) is 0. The number of hydrogen-bond donors (Lipinski definition) is 1. The molecule has 78 valence electrons. The van der Waals surface area contributed by atoms with Crippen molar-refractivity contribution in [3.63, 3.8) is 0 Å². The van der Waals surface area contributed by atoms with E-state index in [0.717, 1.165) is 0 Å². The van der Waals surface area contributed by atoms with Gasteiger partial charge in [-0.25, -0.2) is 13.8 Å². The summed E-state index contributed by atoms with van der Waals surface area (Å²) in [5, 5.41) is 0. The highest BCUT2D eigenvalue weighted by Crippen LogP contribution is 2.27. The molecule has 0 saturated carbocycles. The number of hydrogen-bond acceptors (Lipinski definition) is 2. The highest BCUT2D eigenvalue weighted by Gasteiger charge is 2.14. The van der Waals surface area contributed by atoms with Gasteiger partial charge in [-0.05, 0) is 18.2 Å². The van der Waals surface area contributed by atoms with Gasteiger partial charge in [-0.1, -0.05) is 0 Å². The van der Waals surface area contributed by atoms with Gasteiger partial charge in [0.1, 0.15) is 0 Å². The molecule has 0 aliphatic carbocycles. The molecule has 0 radical (unpaired) electrons. The summed E-state index contributed by atoms with van der Waals surface area (Å²) in [5.74, 6) is 0. The number of nitrogens with zero attached hydrogens (tertiary/aromatic N) is 2. The van der Waals surface area contributed by atoms with Gasteiger partial charge < -0.3 is 10.3 Å². The lowest BCUT2D eigenvalue weighted by atomic mass is 10.1. The molecule has 1 aromatic heterocycles. The van der Waals surface area contributed by atoms with Gasteiger partial charge in [0.15, 0.2) is 0 Å². The van der Waals surface area contributed by atoms with Crippen LogP contribution in [0.25, 0.3) is 5.69 Å². The molecule has 0 amide bonds. The highest BCUT2D eigenvalue weighted by atomic mass is 19.3. The number of nitrogen functional groups attached to an aromatic ring is 1. The van der Waals surface area contributed by atoms with E-state index in [-0.39, 0.29) is 5.56 Å². The second-order valence-electron chi connectivity index (χ2n) is 3.09. The second-order valence-corrected chi connectivity index (χ2v) is 3.09. The monoisotopic (exact) mass is 209 g/mol. The van der Waals surface area contributed by atoms with E-state index in [0.29, 0.717) is 11.4 Å². The fourth-order valence-corrected chi connectivity index (χ4v) is 1.38. The van der Waals surface area contributed by atoms with Crippen LogP contribution in [0.15, 0.2) is 36.9 Å². The van der Waals surface area contributed by atoms with Crippen molar-refractivity contribution in [1.29, 1.82) is 0 Å². The maximum atomic E-state index is 12.7. The third-order valence-corrected chi connectivity index (χ3v) is 2.07. The number of imidazole rings is 1. The van der Waals surface area contributed by atoms with Crippen LogP contribution in [0.1, 0.15) is 12.0 Å². The second kappa shape index (κ2) is 3.68. The number of alkyl halides is 2. The van der Waals surface area contributed by atoms with Crippen molar-refractivity contribution in [1.82, 2.24) is 9.55 Å². The third kappa shape index (κ3) is 1.81. The number of benzene rings is 1. The molecule has 0 spiro atoms. The molecular formula is C10H9F2N3. The fourth-order valence-electron chi connectivity index (χ4n) is 1.38. The van der Waals surface area contributed by atoms with Gasteiger partial charge >= 0.3 is 0 Å². The standard InChI is InChI=1S/C10H9F2N3/c11-10(12)8-5-7(13)1-2-9(8)15-4-3-14-6-15/h1-6,10H,13H2. The predicted octanol–water partition coefficient (Wildman–Crippen LogP) is 2.39. The van der Waals surface area contributed by atoms with Crippen molar-refractivity contribution >= 4 is 5.69 Å². The van der Waals surface area contributed by atoms with Crippen molar-refractivity contribution < 1.29 is 8.78 Å². The first kappa shape index (κ1) is 9.64. The molecule has 0 saturated heterocycles. The molecule has 2 rings (SSSR count). The zero-order valence-electron chi connectivity index (χ0n) is 7.77. The SMILES string of the molecule is Nc1ccc(-n2ccnc2)c(C(F)F)c1. The van der Waals surface area contributed by atoms with Crippen LogP contribution < -0.4 is 5.73 Å². The average molecular weight is 209 g/mol. The van der Waals surface area contributed by atoms with Crippen molar-refractivity contribution in [2.75, 3.05) is 5.73 Å². The Morgan fingerprint density at radius 2 is 2.13 bits per heavy atom. The van der Waals surface area contributed by atoms with Crippen LogP contribution in [0.5, 0.6) is 0 Å². The van der Waals surface area contributed by atoms with Crippen LogP contribution in [0.2, 0.25) is 0 Å². The molecule has 1 aromatic carbocycles. The first-order chi connectivity index (χ1) is 7.18. The largest absolute Gasteiger partial charge is 0.399 e. The number of anilines is 1.